The molecule has 0 heterocycles. The standard InChI is InChI=1S/C17H22O2/c1-3-19-17(18)15-8-7-12-6-4-5-11(2)13-9-10-14(15)16(12)13/h7-10,12,14-16H,3-6H2,1-2H3/t12-,14+,15+,16+/m0/s1. The van der Waals surface area contributed by atoms with Gasteiger partial charge in [0.15, 0.2) is 0 Å². The number of hydrogen-bond donors (Lipinski definition) is 0. The van der Waals surface area contributed by atoms with E-state index < -0.39 is 0 Å². The third-order valence-corrected chi connectivity index (χ3v) is 4.85. The molecule has 3 rings (SSSR count). The van der Waals surface area contributed by atoms with Crippen LogP contribution >= 0.6 is 0 Å². The third-order valence-electron chi connectivity index (χ3n) is 4.85. The molecule has 0 aliphatic heterocycles. The van der Waals surface area contributed by atoms with Crippen molar-refractivity contribution in [2.75, 3.05) is 6.61 Å². The van der Waals surface area contributed by atoms with E-state index >= 15 is 0 Å². The van der Waals surface area contributed by atoms with E-state index in [-0.39, 0.29) is 11.9 Å². The van der Waals surface area contributed by atoms with Crippen LogP contribution in [0.15, 0.2) is 35.5 Å². The van der Waals surface area contributed by atoms with Crippen LogP contribution in [0.4, 0.5) is 0 Å². The molecule has 3 aliphatic rings. The van der Waals surface area contributed by atoms with Gasteiger partial charge in [0.25, 0.3) is 0 Å². The summed E-state index contributed by atoms with van der Waals surface area (Å²) >= 11 is 0. The van der Waals surface area contributed by atoms with Gasteiger partial charge in [0.05, 0.1) is 12.5 Å². The smallest absolute Gasteiger partial charge is 0.313 e. The monoisotopic (exact) mass is 258 g/mol. The van der Waals surface area contributed by atoms with Crippen molar-refractivity contribution in [2.45, 2.75) is 33.1 Å². The summed E-state index contributed by atoms with van der Waals surface area (Å²) in [5, 5.41) is 0. The van der Waals surface area contributed by atoms with Crippen LogP contribution < -0.4 is 0 Å². The number of carbonyl (C=O) groups is 1. The van der Waals surface area contributed by atoms with Gasteiger partial charge in [0.1, 0.15) is 0 Å². The first kappa shape index (κ1) is 12.7. The zero-order chi connectivity index (χ0) is 13.4. The Hall–Kier alpha value is -1.31. The van der Waals surface area contributed by atoms with Crippen LogP contribution in [-0.4, -0.2) is 12.6 Å². The van der Waals surface area contributed by atoms with E-state index in [1.54, 1.807) is 0 Å². The predicted octanol–water partition coefficient (Wildman–Crippen LogP) is 3.65. The maximum atomic E-state index is 12.1. The molecule has 4 atom stereocenters. The fourth-order valence-corrected chi connectivity index (χ4v) is 3.95. The van der Waals surface area contributed by atoms with Gasteiger partial charge < -0.3 is 4.74 Å². The van der Waals surface area contributed by atoms with Gasteiger partial charge in [-0.3, -0.25) is 4.79 Å². The molecule has 0 aromatic carbocycles. The van der Waals surface area contributed by atoms with E-state index in [1.165, 1.54) is 30.4 Å². The van der Waals surface area contributed by atoms with E-state index in [0.29, 0.717) is 24.4 Å². The Morgan fingerprint density at radius 1 is 1.37 bits per heavy atom. The minimum Gasteiger partial charge on any atom is -0.466 e. The Morgan fingerprint density at radius 3 is 3.00 bits per heavy atom. The van der Waals surface area contributed by atoms with Gasteiger partial charge in [0, 0.05) is 5.92 Å². The van der Waals surface area contributed by atoms with Gasteiger partial charge >= 0.3 is 5.97 Å². The van der Waals surface area contributed by atoms with Crippen LogP contribution in [-0.2, 0) is 9.53 Å². The topological polar surface area (TPSA) is 26.3 Å². The lowest BCUT2D eigenvalue weighted by atomic mass is 9.70. The number of esters is 1. The Labute approximate surface area is 115 Å². The largest absolute Gasteiger partial charge is 0.466 e. The molecule has 0 amide bonds. The quantitative estimate of drug-likeness (QED) is 0.558. The molecule has 2 nitrogen and oxygen atoms in total. The van der Waals surface area contributed by atoms with Gasteiger partial charge in [-0.05, 0) is 50.5 Å². The van der Waals surface area contributed by atoms with Crippen LogP contribution in [0.3, 0.4) is 0 Å². The van der Waals surface area contributed by atoms with Crippen molar-refractivity contribution in [3.63, 3.8) is 0 Å². The molecular weight excluding hydrogens is 236 g/mol. The van der Waals surface area contributed by atoms with E-state index in [4.69, 9.17) is 4.74 Å². The second kappa shape index (κ2) is 4.99. The average molecular weight is 258 g/mol. The fraction of sp³-hybridized carbons (Fsp3) is 0.588. The highest BCUT2D eigenvalue weighted by molar-refractivity contribution is 5.76. The normalized spacial score (nSPS) is 36.1. The van der Waals surface area contributed by atoms with Gasteiger partial charge in [-0.1, -0.05) is 29.9 Å². The molecule has 19 heavy (non-hydrogen) atoms. The third kappa shape index (κ3) is 2.07. The van der Waals surface area contributed by atoms with Crippen molar-refractivity contribution in [3.8, 4) is 0 Å². The van der Waals surface area contributed by atoms with Crippen LogP contribution in [0.25, 0.3) is 0 Å². The van der Waals surface area contributed by atoms with Crippen molar-refractivity contribution < 1.29 is 9.53 Å². The zero-order valence-electron chi connectivity index (χ0n) is 11.8. The molecule has 3 aliphatic carbocycles. The Kier molecular flexibility index (Phi) is 3.34. The lowest BCUT2D eigenvalue weighted by molar-refractivity contribution is -0.148. The highest BCUT2D eigenvalue weighted by Gasteiger charge is 2.43. The number of rotatable bonds is 2. The molecule has 0 bridgehead atoms. The first-order chi connectivity index (χ1) is 9.22. The number of carbonyl (C=O) groups excluding carboxylic acids is 1. The fourth-order valence-electron chi connectivity index (χ4n) is 3.95. The number of hydrogen-bond acceptors (Lipinski definition) is 2. The molecule has 0 unspecified atom stereocenters. The molecule has 0 N–H and O–H groups in total. The highest BCUT2D eigenvalue weighted by atomic mass is 16.5. The maximum Gasteiger partial charge on any atom is 0.313 e. The summed E-state index contributed by atoms with van der Waals surface area (Å²) in [6.45, 7) is 4.59. The van der Waals surface area contributed by atoms with Crippen molar-refractivity contribution in [1.29, 1.82) is 0 Å². The minimum atomic E-state index is -0.0825. The maximum absolute atomic E-state index is 12.1. The van der Waals surface area contributed by atoms with Gasteiger partial charge in [-0.15, -0.1) is 0 Å². The van der Waals surface area contributed by atoms with E-state index in [1.807, 2.05) is 6.92 Å². The Morgan fingerprint density at radius 2 is 2.21 bits per heavy atom. The van der Waals surface area contributed by atoms with Crippen molar-refractivity contribution >= 4 is 5.97 Å². The minimum absolute atomic E-state index is 0.0602. The van der Waals surface area contributed by atoms with Crippen LogP contribution in [0, 0.1) is 23.7 Å². The molecule has 0 spiro atoms. The number of allylic oxidation sites excluding steroid dienone is 5. The molecule has 0 saturated heterocycles. The van der Waals surface area contributed by atoms with Gasteiger partial charge in [-0.25, -0.2) is 0 Å². The second-order valence-electron chi connectivity index (χ2n) is 5.92. The van der Waals surface area contributed by atoms with Crippen LogP contribution in [0.2, 0.25) is 0 Å². The van der Waals surface area contributed by atoms with Crippen molar-refractivity contribution in [2.24, 2.45) is 23.7 Å². The van der Waals surface area contributed by atoms with Crippen LogP contribution in [0.5, 0.6) is 0 Å². The molecule has 0 fully saturated rings. The Balaban J connectivity index is 1.94. The first-order valence-corrected chi connectivity index (χ1v) is 7.45. The summed E-state index contributed by atoms with van der Waals surface area (Å²) < 4.78 is 5.23. The summed E-state index contributed by atoms with van der Waals surface area (Å²) in [7, 11) is 0. The van der Waals surface area contributed by atoms with E-state index in [9.17, 15) is 4.79 Å². The van der Waals surface area contributed by atoms with Gasteiger partial charge in [-0.2, -0.15) is 0 Å². The molecule has 0 saturated carbocycles. The molecule has 0 aromatic rings. The Bertz CT molecular complexity index is 470. The summed E-state index contributed by atoms with van der Waals surface area (Å²) in [6, 6.07) is 0. The van der Waals surface area contributed by atoms with E-state index in [0.717, 1.165) is 0 Å². The highest BCUT2D eigenvalue weighted by Crippen LogP contribution is 2.49. The summed E-state index contributed by atoms with van der Waals surface area (Å²) in [5.41, 5.74) is 3.01. The second-order valence-corrected chi connectivity index (χ2v) is 5.92. The number of ether oxygens (including phenoxy) is 1. The van der Waals surface area contributed by atoms with Crippen molar-refractivity contribution in [1.82, 2.24) is 0 Å². The summed E-state index contributed by atoms with van der Waals surface area (Å²) in [4.78, 5) is 12.1. The molecular formula is C17H22O2. The first-order valence-electron chi connectivity index (χ1n) is 7.45. The zero-order valence-corrected chi connectivity index (χ0v) is 11.8. The molecule has 0 aromatic heterocycles. The summed E-state index contributed by atoms with van der Waals surface area (Å²) in [5.74, 6) is 1.30. The lowest BCUT2D eigenvalue weighted by Gasteiger charge is -2.34. The SMILES string of the molecule is CCOC(=O)[C@@H]1C=C[C@@H]2CCCC(C)=C3C=C[C@H]1[C@@H]32. The lowest BCUT2D eigenvalue weighted by Crippen LogP contribution is -2.33. The predicted molar refractivity (Wildman–Crippen MR) is 75.4 cm³/mol. The van der Waals surface area contributed by atoms with Crippen LogP contribution in [0.1, 0.15) is 33.1 Å². The molecule has 2 heteroatoms. The van der Waals surface area contributed by atoms with Crippen molar-refractivity contribution in [3.05, 3.63) is 35.5 Å². The van der Waals surface area contributed by atoms with E-state index in [2.05, 4.69) is 31.2 Å². The summed E-state index contributed by atoms with van der Waals surface area (Å²) in [6.07, 6.45) is 12.6. The average Bonchev–Trinajstić information content (AvgIpc) is 2.76. The van der Waals surface area contributed by atoms with Gasteiger partial charge in [0.2, 0.25) is 0 Å². The molecule has 0 radical (unpaired) electrons. The molecule has 102 valence electrons.